The molecule has 1 aliphatic carbocycles. The lowest BCUT2D eigenvalue weighted by atomic mass is 10.0. The second-order valence-electron chi connectivity index (χ2n) is 7.66. The summed E-state index contributed by atoms with van der Waals surface area (Å²) in [5, 5.41) is 5.26. The number of amides is 3. The molecule has 0 aromatic heterocycles. The molecule has 3 amide bonds. The molecule has 156 valence electrons. The van der Waals surface area contributed by atoms with Gasteiger partial charge < -0.3 is 20.3 Å². The van der Waals surface area contributed by atoms with Crippen molar-refractivity contribution >= 4 is 29.1 Å². The Morgan fingerprint density at radius 2 is 1.90 bits per heavy atom. The summed E-state index contributed by atoms with van der Waals surface area (Å²) in [6, 6.07) is 12.8. The van der Waals surface area contributed by atoms with Gasteiger partial charge in [0.05, 0.1) is 7.11 Å². The van der Waals surface area contributed by atoms with E-state index < -0.39 is 11.8 Å². The van der Waals surface area contributed by atoms with Gasteiger partial charge in [-0.2, -0.15) is 0 Å². The quantitative estimate of drug-likeness (QED) is 0.746. The summed E-state index contributed by atoms with van der Waals surface area (Å²) in [6.07, 6.45) is 3.68. The van der Waals surface area contributed by atoms with Crippen LogP contribution in [0.3, 0.4) is 0 Å². The molecule has 0 saturated heterocycles. The molecule has 0 unspecified atom stereocenters. The number of aryl methyl sites for hydroxylation is 1. The SMILES string of the molecule is COc1ccccc1CNC(=O)C(=O)Nc1ccc2c(c1)CCCN2C(=O)C1CC1. The summed E-state index contributed by atoms with van der Waals surface area (Å²) < 4.78 is 5.25. The Hall–Kier alpha value is -3.35. The molecule has 1 fully saturated rings. The third kappa shape index (κ3) is 4.30. The average molecular weight is 407 g/mol. The van der Waals surface area contributed by atoms with E-state index >= 15 is 0 Å². The Balaban J connectivity index is 1.38. The number of hydrogen-bond acceptors (Lipinski definition) is 4. The first-order valence-electron chi connectivity index (χ1n) is 10.2. The fourth-order valence-electron chi connectivity index (χ4n) is 3.75. The van der Waals surface area contributed by atoms with Crippen LogP contribution < -0.4 is 20.3 Å². The van der Waals surface area contributed by atoms with Crippen molar-refractivity contribution in [2.45, 2.75) is 32.2 Å². The number of carbonyl (C=O) groups excluding carboxylic acids is 3. The highest BCUT2D eigenvalue weighted by Crippen LogP contribution is 2.36. The number of benzene rings is 2. The van der Waals surface area contributed by atoms with Crippen LogP contribution in [0.25, 0.3) is 0 Å². The van der Waals surface area contributed by atoms with E-state index in [4.69, 9.17) is 4.74 Å². The van der Waals surface area contributed by atoms with Crippen LogP contribution in [0.15, 0.2) is 42.5 Å². The van der Waals surface area contributed by atoms with Crippen LogP contribution in [0.2, 0.25) is 0 Å². The Kier molecular flexibility index (Phi) is 5.70. The Labute approximate surface area is 175 Å². The lowest BCUT2D eigenvalue weighted by Gasteiger charge is -2.30. The lowest BCUT2D eigenvalue weighted by Crippen LogP contribution is -2.37. The third-order valence-electron chi connectivity index (χ3n) is 5.49. The van der Waals surface area contributed by atoms with Crippen molar-refractivity contribution in [2.75, 3.05) is 23.9 Å². The first-order chi connectivity index (χ1) is 14.6. The zero-order chi connectivity index (χ0) is 21.1. The molecule has 2 aromatic rings. The number of para-hydroxylation sites is 1. The maximum atomic E-state index is 12.5. The molecule has 30 heavy (non-hydrogen) atoms. The maximum absolute atomic E-state index is 12.5. The van der Waals surface area contributed by atoms with Gasteiger partial charge in [-0.3, -0.25) is 14.4 Å². The smallest absolute Gasteiger partial charge is 0.313 e. The Morgan fingerprint density at radius 3 is 2.67 bits per heavy atom. The molecule has 1 saturated carbocycles. The van der Waals surface area contributed by atoms with Gasteiger partial charge in [0, 0.05) is 35.9 Å². The fourth-order valence-corrected chi connectivity index (χ4v) is 3.75. The van der Waals surface area contributed by atoms with Crippen LogP contribution in [0, 0.1) is 5.92 Å². The predicted octanol–water partition coefficient (Wildman–Crippen LogP) is 2.64. The summed E-state index contributed by atoms with van der Waals surface area (Å²) in [5.74, 6) is -0.431. The molecule has 4 rings (SSSR count). The molecule has 1 aliphatic heterocycles. The first-order valence-corrected chi connectivity index (χ1v) is 10.2. The second-order valence-corrected chi connectivity index (χ2v) is 7.66. The number of nitrogens with one attached hydrogen (secondary N) is 2. The fraction of sp³-hybridized carbons (Fsp3) is 0.348. The van der Waals surface area contributed by atoms with Crippen molar-refractivity contribution < 1.29 is 19.1 Å². The van der Waals surface area contributed by atoms with Crippen molar-refractivity contribution in [3.8, 4) is 5.75 Å². The number of nitrogens with zero attached hydrogens (tertiary/aromatic N) is 1. The number of carbonyl (C=O) groups is 3. The minimum Gasteiger partial charge on any atom is -0.496 e. The number of methoxy groups -OCH3 is 1. The van der Waals surface area contributed by atoms with Gasteiger partial charge in [0.2, 0.25) is 5.91 Å². The molecule has 7 heteroatoms. The van der Waals surface area contributed by atoms with E-state index in [-0.39, 0.29) is 18.4 Å². The van der Waals surface area contributed by atoms with Gasteiger partial charge in [-0.25, -0.2) is 0 Å². The topological polar surface area (TPSA) is 87.7 Å². The number of ether oxygens (including phenoxy) is 1. The molecule has 2 aliphatic rings. The van der Waals surface area contributed by atoms with Crippen molar-refractivity contribution in [2.24, 2.45) is 5.92 Å². The van der Waals surface area contributed by atoms with Gasteiger partial charge in [-0.1, -0.05) is 18.2 Å². The van der Waals surface area contributed by atoms with E-state index in [1.807, 2.05) is 35.2 Å². The van der Waals surface area contributed by atoms with Gasteiger partial charge in [0.25, 0.3) is 0 Å². The zero-order valence-corrected chi connectivity index (χ0v) is 16.9. The first kappa shape index (κ1) is 19.9. The van der Waals surface area contributed by atoms with Gasteiger partial charge in [-0.15, -0.1) is 0 Å². The highest BCUT2D eigenvalue weighted by atomic mass is 16.5. The summed E-state index contributed by atoms with van der Waals surface area (Å²) >= 11 is 0. The Morgan fingerprint density at radius 1 is 1.10 bits per heavy atom. The third-order valence-corrected chi connectivity index (χ3v) is 5.49. The molecular weight excluding hydrogens is 382 g/mol. The summed E-state index contributed by atoms with van der Waals surface area (Å²) in [7, 11) is 1.56. The van der Waals surface area contributed by atoms with E-state index in [1.165, 1.54) is 0 Å². The monoisotopic (exact) mass is 407 g/mol. The Bertz CT molecular complexity index is 984. The van der Waals surface area contributed by atoms with E-state index in [0.717, 1.165) is 49.0 Å². The number of fused-ring (bicyclic) bond motifs is 1. The average Bonchev–Trinajstić information content (AvgIpc) is 3.62. The second kappa shape index (κ2) is 8.57. The molecule has 0 spiro atoms. The van der Waals surface area contributed by atoms with Crippen molar-refractivity contribution in [1.82, 2.24) is 5.32 Å². The number of anilines is 2. The minimum atomic E-state index is -0.730. The molecule has 2 N–H and O–H groups in total. The summed E-state index contributed by atoms with van der Waals surface area (Å²) in [6.45, 7) is 0.929. The normalized spacial score (nSPS) is 15.2. The van der Waals surface area contributed by atoms with Gasteiger partial charge >= 0.3 is 11.8 Å². The van der Waals surface area contributed by atoms with Crippen LogP contribution in [0.1, 0.15) is 30.4 Å². The highest BCUT2D eigenvalue weighted by Gasteiger charge is 2.35. The van der Waals surface area contributed by atoms with Gasteiger partial charge in [0.15, 0.2) is 0 Å². The van der Waals surface area contributed by atoms with E-state index in [9.17, 15) is 14.4 Å². The van der Waals surface area contributed by atoms with Crippen LogP contribution in [0.4, 0.5) is 11.4 Å². The van der Waals surface area contributed by atoms with E-state index in [2.05, 4.69) is 10.6 Å². The van der Waals surface area contributed by atoms with Crippen LogP contribution in [-0.2, 0) is 27.3 Å². The molecule has 0 bridgehead atoms. The molecule has 0 radical (unpaired) electrons. The van der Waals surface area contributed by atoms with Crippen LogP contribution in [-0.4, -0.2) is 31.4 Å². The van der Waals surface area contributed by atoms with Gasteiger partial charge in [-0.05, 0) is 55.5 Å². The molecule has 1 heterocycles. The summed E-state index contributed by atoms with van der Waals surface area (Å²) in [4.78, 5) is 38.9. The van der Waals surface area contributed by atoms with Crippen LogP contribution in [0.5, 0.6) is 5.75 Å². The van der Waals surface area contributed by atoms with Crippen molar-refractivity contribution in [3.63, 3.8) is 0 Å². The van der Waals surface area contributed by atoms with Gasteiger partial charge in [0.1, 0.15) is 5.75 Å². The zero-order valence-electron chi connectivity index (χ0n) is 16.9. The molecule has 2 aromatic carbocycles. The van der Waals surface area contributed by atoms with E-state index in [0.29, 0.717) is 11.4 Å². The maximum Gasteiger partial charge on any atom is 0.313 e. The molecule has 7 nitrogen and oxygen atoms in total. The van der Waals surface area contributed by atoms with Crippen molar-refractivity contribution in [1.29, 1.82) is 0 Å². The standard InChI is InChI=1S/C23H25N3O4/c1-30-20-7-3-2-5-17(20)14-24-21(27)22(28)25-18-10-11-19-16(13-18)6-4-12-26(19)23(29)15-8-9-15/h2-3,5,7,10-11,13,15H,4,6,8-9,12,14H2,1H3,(H,24,27)(H,25,28). The molecule has 0 atom stereocenters. The van der Waals surface area contributed by atoms with E-state index in [1.54, 1.807) is 19.2 Å². The predicted molar refractivity (Wildman–Crippen MR) is 113 cm³/mol. The number of hydrogen-bond donors (Lipinski definition) is 2. The molecular formula is C23H25N3O4. The minimum absolute atomic E-state index is 0.169. The largest absolute Gasteiger partial charge is 0.496 e. The lowest BCUT2D eigenvalue weighted by molar-refractivity contribution is -0.136. The number of rotatable bonds is 5. The highest BCUT2D eigenvalue weighted by molar-refractivity contribution is 6.39. The summed E-state index contributed by atoms with van der Waals surface area (Å²) in [5.41, 5.74) is 3.27. The van der Waals surface area contributed by atoms with Crippen molar-refractivity contribution in [3.05, 3.63) is 53.6 Å². The van der Waals surface area contributed by atoms with Crippen LogP contribution >= 0.6 is 0 Å².